The van der Waals surface area contributed by atoms with Gasteiger partial charge in [0.15, 0.2) is 5.78 Å². The molecule has 4 heteroatoms. The number of rotatable bonds is 1. The van der Waals surface area contributed by atoms with E-state index in [0.717, 1.165) is 51.4 Å². The molecule has 0 N–H and O–H groups in total. The zero-order valence-electron chi connectivity index (χ0n) is 22.3. The van der Waals surface area contributed by atoms with Crippen molar-refractivity contribution in [2.24, 2.45) is 50.2 Å². The summed E-state index contributed by atoms with van der Waals surface area (Å²) < 4.78 is 0. The van der Waals surface area contributed by atoms with Crippen LogP contribution in [-0.2, 0) is 9.59 Å². The van der Waals surface area contributed by atoms with Crippen LogP contribution in [-0.4, -0.2) is 16.4 Å². The Labute approximate surface area is 217 Å². The van der Waals surface area contributed by atoms with Crippen molar-refractivity contribution in [2.45, 2.75) is 112 Å². The van der Waals surface area contributed by atoms with Crippen LogP contribution in [0.4, 0.5) is 0 Å². The average molecular weight is 508 g/mol. The molecule has 0 aliphatic heterocycles. The van der Waals surface area contributed by atoms with Crippen LogP contribution in [0.15, 0.2) is 11.6 Å². The van der Waals surface area contributed by atoms with E-state index in [-0.39, 0.29) is 49.5 Å². The molecule has 0 spiro atoms. The van der Waals surface area contributed by atoms with Crippen molar-refractivity contribution in [2.75, 3.05) is 0 Å². The molecule has 4 fully saturated rings. The van der Waals surface area contributed by atoms with Gasteiger partial charge in [0.1, 0.15) is 0 Å². The van der Waals surface area contributed by atoms with E-state index >= 15 is 0 Å². The van der Waals surface area contributed by atoms with Gasteiger partial charge < -0.3 is 0 Å². The van der Waals surface area contributed by atoms with Gasteiger partial charge in [-0.3, -0.25) is 9.59 Å². The topological polar surface area (TPSA) is 34.1 Å². The third-order valence-electron chi connectivity index (χ3n) is 13.0. The van der Waals surface area contributed by atoms with Crippen molar-refractivity contribution >= 4 is 34.2 Å². The molecule has 190 valence electrons. The van der Waals surface area contributed by atoms with Gasteiger partial charge in [-0.2, -0.15) is 0 Å². The Hall–Kier alpha value is -0.340. The van der Waals surface area contributed by atoms with Crippen molar-refractivity contribution in [1.82, 2.24) is 0 Å². The largest absolute Gasteiger partial charge is 0.295 e. The summed E-state index contributed by atoms with van der Waals surface area (Å²) in [6, 6.07) is 0. The van der Waals surface area contributed by atoms with E-state index in [1.165, 1.54) is 12.0 Å². The fourth-order valence-electron chi connectivity index (χ4n) is 10.3. The number of allylic oxidation sites excluding steroid dienone is 2. The Morgan fingerprint density at radius 1 is 0.912 bits per heavy atom. The molecule has 34 heavy (non-hydrogen) atoms. The van der Waals surface area contributed by atoms with Crippen LogP contribution >= 0.6 is 23.2 Å². The summed E-state index contributed by atoms with van der Waals surface area (Å²) in [5, 5.41) is -0.0274. The molecule has 5 rings (SSSR count). The van der Waals surface area contributed by atoms with Gasteiger partial charge in [-0.25, -0.2) is 0 Å². The first-order valence-corrected chi connectivity index (χ1v) is 14.5. The lowest BCUT2D eigenvalue weighted by Crippen LogP contribution is -2.66. The lowest BCUT2D eigenvalue weighted by atomic mass is 9.33. The van der Waals surface area contributed by atoms with Crippen LogP contribution in [0.1, 0.15) is 106 Å². The summed E-state index contributed by atoms with van der Waals surface area (Å²) in [7, 11) is 0. The van der Waals surface area contributed by atoms with Crippen LogP contribution < -0.4 is 0 Å². The number of hydrogen-bond acceptors (Lipinski definition) is 2. The molecule has 0 aromatic carbocycles. The molecular weight excluding hydrogens is 463 g/mol. The first-order chi connectivity index (χ1) is 15.6. The molecule has 0 amide bonds. The maximum Gasteiger partial charge on any atom is 0.227 e. The smallest absolute Gasteiger partial charge is 0.227 e. The van der Waals surface area contributed by atoms with Gasteiger partial charge in [0, 0.05) is 16.7 Å². The second kappa shape index (κ2) is 7.37. The molecule has 0 heterocycles. The molecule has 9 atom stereocenters. The van der Waals surface area contributed by atoms with E-state index in [4.69, 9.17) is 23.2 Å². The SMILES string of the molecule is CC1(C)C2CC[C@]3(C)C(C(=O)C=C4[C@@H]5C[C@@](C)(C(=O)Cl)CC[C@]5(C)CC[C@@]43C)[C@@]2(C)CC[C@@H]1Cl. The maximum absolute atomic E-state index is 14.3. The van der Waals surface area contributed by atoms with Crippen LogP contribution in [0.5, 0.6) is 0 Å². The summed E-state index contributed by atoms with van der Waals surface area (Å²) in [6.07, 6.45) is 11.3. The first-order valence-electron chi connectivity index (χ1n) is 13.7. The van der Waals surface area contributed by atoms with Crippen molar-refractivity contribution in [3.63, 3.8) is 0 Å². The monoisotopic (exact) mass is 506 g/mol. The van der Waals surface area contributed by atoms with Crippen molar-refractivity contribution in [3.8, 4) is 0 Å². The van der Waals surface area contributed by atoms with E-state index in [0.29, 0.717) is 11.7 Å². The van der Waals surface area contributed by atoms with Crippen molar-refractivity contribution < 1.29 is 9.59 Å². The predicted molar refractivity (Wildman–Crippen MR) is 140 cm³/mol. The van der Waals surface area contributed by atoms with E-state index in [1.54, 1.807) is 0 Å². The van der Waals surface area contributed by atoms with Gasteiger partial charge in [-0.1, -0.05) is 54.0 Å². The molecule has 0 aromatic heterocycles. The van der Waals surface area contributed by atoms with E-state index < -0.39 is 5.41 Å². The maximum atomic E-state index is 14.3. The minimum Gasteiger partial charge on any atom is -0.295 e. The number of carbonyl (C=O) groups is 2. The number of hydrogen-bond donors (Lipinski definition) is 0. The van der Waals surface area contributed by atoms with Gasteiger partial charge in [-0.05, 0) is 114 Å². The van der Waals surface area contributed by atoms with E-state index in [1.807, 2.05) is 6.92 Å². The Morgan fingerprint density at radius 2 is 1.56 bits per heavy atom. The fourth-order valence-corrected chi connectivity index (χ4v) is 10.8. The van der Waals surface area contributed by atoms with Crippen LogP contribution in [0.3, 0.4) is 0 Å². The van der Waals surface area contributed by atoms with E-state index in [9.17, 15) is 9.59 Å². The lowest BCUT2D eigenvalue weighted by molar-refractivity contribution is -0.184. The number of halogens is 2. The Bertz CT molecular complexity index is 969. The quantitative estimate of drug-likeness (QED) is 0.264. The predicted octanol–water partition coefficient (Wildman–Crippen LogP) is 8.34. The standard InChI is InChI=1S/C30H44Cl2O2/c1-25(2)21-8-11-30(7)23(28(21,5)10-9-22(25)31)20(33)16-18-19-17-27(4,24(32)34)13-12-26(19,3)14-15-29(18,30)6/h16,19,21-23H,8-15,17H2,1-7H3/t19-,21?,22-,23?,26+,27-,28-,29-,30+/m0/s1. The average Bonchev–Trinajstić information content (AvgIpc) is 2.73. The number of ketones is 1. The van der Waals surface area contributed by atoms with Gasteiger partial charge in [0.2, 0.25) is 5.24 Å². The van der Waals surface area contributed by atoms with Crippen molar-refractivity contribution in [3.05, 3.63) is 11.6 Å². The van der Waals surface area contributed by atoms with Gasteiger partial charge in [0.25, 0.3) is 0 Å². The molecule has 2 unspecified atom stereocenters. The molecule has 0 radical (unpaired) electrons. The number of alkyl halides is 1. The third-order valence-corrected chi connectivity index (χ3v) is 14.2. The van der Waals surface area contributed by atoms with E-state index in [2.05, 4.69) is 47.6 Å². The molecular formula is C30H44Cl2O2. The second-order valence-electron chi connectivity index (χ2n) is 14.9. The molecule has 0 saturated heterocycles. The fraction of sp³-hybridized carbons (Fsp3) is 0.867. The molecule has 0 aromatic rings. The molecule has 2 nitrogen and oxygen atoms in total. The Balaban J connectivity index is 1.62. The minimum absolute atomic E-state index is 0.0146. The van der Waals surface area contributed by atoms with Gasteiger partial charge in [-0.15, -0.1) is 11.6 Å². The third kappa shape index (κ3) is 3.00. The first kappa shape index (κ1) is 25.3. The van der Waals surface area contributed by atoms with Gasteiger partial charge in [0.05, 0.1) is 0 Å². The summed E-state index contributed by atoms with van der Waals surface area (Å²) >= 11 is 13.0. The second-order valence-corrected chi connectivity index (χ2v) is 15.7. The highest BCUT2D eigenvalue weighted by Gasteiger charge is 2.70. The summed E-state index contributed by atoms with van der Waals surface area (Å²) in [5.74, 6) is 1.12. The van der Waals surface area contributed by atoms with Crippen LogP contribution in [0, 0.1) is 50.2 Å². The normalized spacial score (nSPS) is 54.1. The summed E-state index contributed by atoms with van der Waals surface area (Å²) in [6.45, 7) is 16.4. The lowest BCUT2D eigenvalue weighted by Gasteiger charge is -2.70. The Kier molecular flexibility index (Phi) is 5.49. The molecule has 5 aliphatic rings. The zero-order valence-corrected chi connectivity index (χ0v) is 23.8. The highest BCUT2D eigenvalue weighted by atomic mass is 35.5. The molecule has 4 saturated carbocycles. The molecule has 5 aliphatic carbocycles. The summed E-state index contributed by atoms with van der Waals surface area (Å²) in [5.41, 5.74) is 0.962. The zero-order chi connectivity index (χ0) is 25.1. The Morgan fingerprint density at radius 3 is 2.21 bits per heavy atom. The van der Waals surface area contributed by atoms with Gasteiger partial charge >= 0.3 is 0 Å². The highest BCUT2D eigenvalue weighted by molar-refractivity contribution is 6.64. The minimum atomic E-state index is -0.488. The number of carbonyl (C=O) groups excluding carboxylic acids is 2. The number of fused-ring (bicyclic) bond motifs is 7. The van der Waals surface area contributed by atoms with Crippen molar-refractivity contribution in [1.29, 1.82) is 0 Å². The van der Waals surface area contributed by atoms with Crippen LogP contribution in [0.2, 0.25) is 0 Å². The summed E-state index contributed by atoms with van der Waals surface area (Å²) in [4.78, 5) is 26.7. The van der Waals surface area contributed by atoms with Crippen LogP contribution in [0.25, 0.3) is 0 Å². The molecule has 0 bridgehead atoms. The highest BCUT2D eigenvalue weighted by Crippen LogP contribution is 2.75.